The second-order valence-corrected chi connectivity index (χ2v) is 17.5. The van der Waals surface area contributed by atoms with Crippen LogP contribution in [0.5, 0.6) is 0 Å². The van der Waals surface area contributed by atoms with Gasteiger partial charge in [0, 0.05) is 6.04 Å². The van der Waals surface area contributed by atoms with Gasteiger partial charge in [0.15, 0.2) is 0 Å². The summed E-state index contributed by atoms with van der Waals surface area (Å²) in [6.45, 7) is 17.0. The van der Waals surface area contributed by atoms with Gasteiger partial charge in [0.2, 0.25) is 0 Å². The van der Waals surface area contributed by atoms with Gasteiger partial charge < -0.3 is 4.98 Å². The molecule has 1 rings (SSSR count). The van der Waals surface area contributed by atoms with E-state index in [0.717, 1.165) is 0 Å². The molecule has 0 bridgehead atoms. The summed E-state index contributed by atoms with van der Waals surface area (Å²) in [5.41, 5.74) is 0. The van der Waals surface area contributed by atoms with Crippen LogP contribution in [-0.2, 0) is 0 Å². The molecule has 0 saturated carbocycles. The molecular weight excluding hydrogens is 226 g/mol. The van der Waals surface area contributed by atoms with E-state index in [9.17, 15) is 0 Å². The lowest BCUT2D eigenvalue weighted by Crippen LogP contribution is -2.57. The van der Waals surface area contributed by atoms with Crippen molar-refractivity contribution in [3.8, 4) is 0 Å². The molecule has 0 aromatic heterocycles. The van der Waals surface area contributed by atoms with Gasteiger partial charge in [-0.1, -0.05) is 70.5 Å². The molecule has 0 amide bonds. The van der Waals surface area contributed by atoms with Crippen molar-refractivity contribution in [2.75, 3.05) is 0 Å². The molecule has 2 unspecified atom stereocenters. The number of hydrogen-bond donors (Lipinski definition) is 1. The van der Waals surface area contributed by atoms with Crippen LogP contribution >= 0.6 is 0 Å². The Kier molecular flexibility index (Phi) is 3.73. The van der Waals surface area contributed by atoms with Crippen LogP contribution in [0.3, 0.4) is 0 Å². The Hall–Kier alpha value is -0.126. The van der Waals surface area contributed by atoms with Crippen molar-refractivity contribution in [1.82, 2.24) is 4.98 Å². The van der Waals surface area contributed by atoms with Gasteiger partial charge in [-0.3, -0.25) is 0 Å². The van der Waals surface area contributed by atoms with Gasteiger partial charge in [0.25, 0.3) is 0 Å². The van der Waals surface area contributed by atoms with Crippen LogP contribution in [0.2, 0.25) is 44.3 Å². The fourth-order valence-electron chi connectivity index (χ4n) is 2.12. The second kappa shape index (κ2) is 4.28. The topological polar surface area (TPSA) is 12.0 Å². The first-order valence-electron chi connectivity index (χ1n) is 6.20. The van der Waals surface area contributed by atoms with Gasteiger partial charge in [0.05, 0.1) is 8.07 Å². The molecule has 0 aromatic rings. The third kappa shape index (κ3) is 2.96. The van der Waals surface area contributed by atoms with Crippen LogP contribution in [0.25, 0.3) is 0 Å². The average molecular weight is 254 g/mol. The summed E-state index contributed by atoms with van der Waals surface area (Å²) in [5.74, 6) is 0. The Bertz CT molecular complexity index is 307. The Morgan fingerprint density at radius 3 is 2.00 bits per heavy atom. The van der Waals surface area contributed by atoms with E-state index >= 15 is 0 Å². The molecular formula is C13H27NSi2. The zero-order valence-corrected chi connectivity index (χ0v) is 13.9. The van der Waals surface area contributed by atoms with Gasteiger partial charge >= 0.3 is 0 Å². The van der Waals surface area contributed by atoms with E-state index in [-0.39, 0.29) is 0 Å². The molecule has 1 N–H and O–H groups in total. The molecule has 0 saturated heterocycles. The summed E-state index contributed by atoms with van der Waals surface area (Å²) >= 11 is 0. The van der Waals surface area contributed by atoms with Crippen LogP contribution in [0.4, 0.5) is 0 Å². The average Bonchev–Trinajstić information content (AvgIpc) is 2.04. The summed E-state index contributed by atoms with van der Waals surface area (Å²) in [4.78, 5) is 3.89. The van der Waals surface area contributed by atoms with Gasteiger partial charge in [-0.25, -0.2) is 0 Å². The SMILES string of the molecule is CC1([Si](C)(C)C)C=CC=CC1N[Si](C)(C)C. The highest BCUT2D eigenvalue weighted by Gasteiger charge is 2.44. The van der Waals surface area contributed by atoms with Crippen LogP contribution in [0, 0.1) is 0 Å². The minimum Gasteiger partial charge on any atom is -0.331 e. The van der Waals surface area contributed by atoms with E-state index in [2.05, 4.69) is 75.5 Å². The molecule has 0 aliphatic heterocycles. The number of rotatable bonds is 3. The van der Waals surface area contributed by atoms with Crippen LogP contribution in [0.1, 0.15) is 6.92 Å². The molecule has 92 valence electrons. The van der Waals surface area contributed by atoms with Crippen molar-refractivity contribution in [2.45, 2.75) is 57.3 Å². The maximum absolute atomic E-state index is 3.89. The Balaban J connectivity index is 2.99. The molecule has 3 heteroatoms. The van der Waals surface area contributed by atoms with E-state index < -0.39 is 16.3 Å². The third-order valence-corrected chi connectivity index (χ3v) is 8.59. The maximum atomic E-state index is 3.89. The molecule has 0 spiro atoms. The van der Waals surface area contributed by atoms with Crippen molar-refractivity contribution in [2.24, 2.45) is 0 Å². The summed E-state index contributed by atoms with van der Waals surface area (Å²) in [5, 5.41) is 0.335. The minimum absolute atomic E-state index is 0.335. The van der Waals surface area contributed by atoms with E-state index in [4.69, 9.17) is 0 Å². The summed E-state index contributed by atoms with van der Waals surface area (Å²) in [6, 6.07) is 0.524. The Labute approximate surface area is 103 Å². The number of nitrogens with one attached hydrogen (secondary N) is 1. The lowest BCUT2D eigenvalue weighted by Gasteiger charge is -2.47. The number of allylic oxidation sites excluding steroid dienone is 2. The predicted octanol–water partition coefficient (Wildman–Crippen LogP) is 4.00. The van der Waals surface area contributed by atoms with Gasteiger partial charge in [-0.05, 0) is 5.04 Å². The van der Waals surface area contributed by atoms with Crippen LogP contribution < -0.4 is 4.98 Å². The molecule has 1 aliphatic carbocycles. The lowest BCUT2D eigenvalue weighted by molar-refractivity contribution is 0.574. The fraction of sp³-hybridized carbons (Fsp3) is 0.692. The fourth-order valence-corrected chi connectivity index (χ4v) is 5.29. The second-order valence-electron chi connectivity index (χ2n) is 7.15. The molecule has 1 nitrogen and oxygen atoms in total. The highest BCUT2D eigenvalue weighted by Crippen LogP contribution is 2.45. The van der Waals surface area contributed by atoms with E-state index in [0.29, 0.717) is 11.1 Å². The van der Waals surface area contributed by atoms with E-state index in [1.54, 1.807) is 0 Å². The van der Waals surface area contributed by atoms with Gasteiger partial charge in [-0.15, -0.1) is 0 Å². The predicted molar refractivity (Wildman–Crippen MR) is 80.3 cm³/mol. The zero-order valence-electron chi connectivity index (χ0n) is 11.9. The Morgan fingerprint density at radius 1 is 1.00 bits per heavy atom. The van der Waals surface area contributed by atoms with Crippen LogP contribution in [-0.4, -0.2) is 22.4 Å². The van der Waals surface area contributed by atoms with Gasteiger partial charge in [-0.2, -0.15) is 0 Å². The number of hydrogen-bond acceptors (Lipinski definition) is 1. The largest absolute Gasteiger partial charge is 0.331 e. The molecule has 0 heterocycles. The van der Waals surface area contributed by atoms with Crippen LogP contribution in [0.15, 0.2) is 24.3 Å². The van der Waals surface area contributed by atoms with Gasteiger partial charge in [0.1, 0.15) is 8.24 Å². The highest BCUT2D eigenvalue weighted by molar-refractivity contribution is 6.80. The molecule has 1 aliphatic rings. The van der Waals surface area contributed by atoms with Crippen molar-refractivity contribution in [3.63, 3.8) is 0 Å². The first-order chi connectivity index (χ1) is 7.06. The van der Waals surface area contributed by atoms with E-state index in [1.807, 2.05) is 0 Å². The third-order valence-electron chi connectivity index (χ3n) is 3.71. The molecule has 0 aromatic carbocycles. The molecule has 0 radical (unpaired) electrons. The summed E-state index contributed by atoms with van der Waals surface area (Å²) in [7, 11) is -2.45. The molecule has 0 fully saturated rings. The standard InChI is InChI=1S/C13H27NSi2/c1-13(15(2,3)4)11-9-8-10-12(13)14-16(5,6)7/h8-12,14H,1-7H3. The monoisotopic (exact) mass is 253 g/mol. The quantitative estimate of drug-likeness (QED) is 0.750. The van der Waals surface area contributed by atoms with Crippen molar-refractivity contribution in [1.29, 1.82) is 0 Å². The first kappa shape index (κ1) is 13.9. The molecule has 2 atom stereocenters. The maximum Gasteiger partial charge on any atom is 0.116 e. The molecule has 16 heavy (non-hydrogen) atoms. The Morgan fingerprint density at radius 2 is 1.56 bits per heavy atom. The summed E-state index contributed by atoms with van der Waals surface area (Å²) in [6.07, 6.45) is 9.20. The minimum atomic E-state index is -1.23. The highest BCUT2D eigenvalue weighted by atomic mass is 28.3. The zero-order chi connectivity index (χ0) is 12.6. The van der Waals surface area contributed by atoms with E-state index in [1.165, 1.54) is 0 Å². The van der Waals surface area contributed by atoms with Crippen molar-refractivity contribution in [3.05, 3.63) is 24.3 Å². The van der Waals surface area contributed by atoms with Crippen molar-refractivity contribution < 1.29 is 0 Å². The lowest BCUT2D eigenvalue weighted by atomic mass is 9.96. The normalized spacial score (nSPS) is 30.8. The summed E-state index contributed by atoms with van der Waals surface area (Å²) < 4.78 is 0. The smallest absolute Gasteiger partial charge is 0.116 e. The first-order valence-corrected chi connectivity index (χ1v) is 13.2. The van der Waals surface area contributed by atoms with Crippen molar-refractivity contribution >= 4 is 16.3 Å².